The minimum Gasteiger partial charge on any atom is -0.491 e. The van der Waals surface area contributed by atoms with Gasteiger partial charge in [0.2, 0.25) is 0 Å². The Morgan fingerprint density at radius 1 is 0.737 bits per heavy atom. The molecule has 0 saturated heterocycles. The first-order valence-corrected chi connectivity index (χ1v) is 14.4. The predicted molar refractivity (Wildman–Crippen MR) is 149 cm³/mol. The second-order valence-electron chi connectivity index (χ2n) is 9.97. The number of halogens is 1. The van der Waals surface area contributed by atoms with Gasteiger partial charge in [0.15, 0.2) is 11.6 Å². The van der Waals surface area contributed by atoms with E-state index in [4.69, 9.17) is 14.2 Å². The van der Waals surface area contributed by atoms with Gasteiger partial charge in [-0.2, -0.15) is 0 Å². The maximum atomic E-state index is 14.5. The summed E-state index contributed by atoms with van der Waals surface area (Å²) in [6.07, 6.45) is 15.8. The van der Waals surface area contributed by atoms with E-state index in [2.05, 4.69) is 6.92 Å². The highest BCUT2D eigenvalue weighted by Gasteiger charge is 2.15. The van der Waals surface area contributed by atoms with Crippen molar-refractivity contribution in [2.75, 3.05) is 6.61 Å². The van der Waals surface area contributed by atoms with Gasteiger partial charge in [-0.25, -0.2) is 9.18 Å². The molecule has 2 aromatic carbocycles. The van der Waals surface area contributed by atoms with Gasteiger partial charge < -0.3 is 14.2 Å². The van der Waals surface area contributed by atoms with Crippen molar-refractivity contribution in [1.82, 2.24) is 0 Å². The Balaban J connectivity index is 1.64. The highest BCUT2D eigenvalue weighted by atomic mass is 19.1. The summed E-state index contributed by atoms with van der Waals surface area (Å²) in [6.45, 7) is 6.41. The van der Waals surface area contributed by atoms with Crippen molar-refractivity contribution in [1.29, 1.82) is 0 Å². The van der Waals surface area contributed by atoms with E-state index >= 15 is 0 Å². The van der Waals surface area contributed by atoms with E-state index in [0.29, 0.717) is 18.8 Å². The molecular formula is C32H45FO5. The molecule has 2 aromatic rings. The second kappa shape index (κ2) is 18.4. The minimum absolute atomic E-state index is 0.0903. The average molecular weight is 529 g/mol. The Hall–Kier alpha value is -2.89. The van der Waals surface area contributed by atoms with E-state index in [0.717, 1.165) is 18.9 Å². The van der Waals surface area contributed by atoms with E-state index in [9.17, 15) is 14.0 Å². The van der Waals surface area contributed by atoms with Crippen LogP contribution in [-0.2, 0) is 4.79 Å². The molecule has 0 heterocycles. The highest BCUT2D eigenvalue weighted by Crippen LogP contribution is 2.23. The number of carbonyl (C=O) groups is 2. The maximum Gasteiger partial charge on any atom is 0.343 e. The lowest BCUT2D eigenvalue weighted by molar-refractivity contribution is -0.138. The number of hydrogen-bond acceptors (Lipinski definition) is 5. The van der Waals surface area contributed by atoms with E-state index in [1.807, 2.05) is 6.92 Å². The molecule has 0 aliphatic rings. The molecule has 6 heteroatoms. The molecule has 2 rings (SSSR count). The normalized spacial score (nSPS) is 11.7. The fourth-order valence-electron chi connectivity index (χ4n) is 4.00. The predicted octanol–water partition coefficient (Wildman–Crippen LogP) is 9.08. The molecule has 0 amide bonds. The number of unbranched alkanes of at least 4 members (excludes halogenated alkanes) is 11. The summed E-state index contributed by atoms with van der Waals surface area (Å²) in [6, 6.07) is 10.2. The molecule has 1 atom stereocenters. The van der Waals surface area contributed by atoms with Crippen molar-refractivity contribution in [3.8, 4) is 17.2 Å². The molecule has 38 heavy (non-hydrogen) atoms. The van der Waals surface area contributed by atoms with Gasteiger partial charge in [0.25, 0.3) is 0 Å². The molecule has 210 valence electrons. The van der Waals surface area contributed by atoms with Crippen LogP contribution >= 0.6 is 0 Å². The van der Waals surface area contributed by atoms with Crippen LogP contribution in [0.5, 0.6) is 17.2 Å². The van der Waals surface area contributed by atoms with Gasteiger partial charge in [0.05, 0.1) is 18.1 Å². The molecule has 0 aliphatic heterocycles. The summed E-state index contributed by atoms with van der Waals surface area (Å²) < 4.78 is 30.7. The topological polar surface area (TPSA) is 61.8 Å². The summed E-state index contributed by atoms with van der Waals surface area (Å²) in [5, 5.41) is 0. The zero-order chi connectivity index (χ0) is 27.6. The van der Waals surface area contributed by atoms with Gasteiger partial charge in [-0.15, -0.1) is 0 Å². The van der Waals surface area contributed by atoms with Crippen molar-refractivity contribution in [2.24, 2.45) is 5.92 Å². The molecule has 0 radical (unpaired) electrons. The quantitative estimate of drug-likeness (QED) is 0.103. The van der Waals surface area contributed by atoms with Crippen LogP contribution < -0.4 is 14.2 Å². The molecule has 0 N–H and O–H groups in total. The summed E-state index contributed by atoms with van der Waals surface area (Å²) >= 11 is 0. The van der Waals surface area contributed by atoms with E-state index < -0.39 is 11.8 Å². The van der Waals surface area contributed by atoms with Crippen molar-refractivity contribution in [2.45, 2.75) is 104 Å². The van der Waals surface area contributed by atoms with Crippen LogP contribution in [0.4, 0.5) is 4.39 Å². The van der Waals surface area contributed by atoms with Gasteiger partial charge in [0, 0.05) is 0 Å². The zero-order valence-corrected chi connectivity index (χ0v) is 23.4. The fourth-order valence-corrected chi connectivity index (χ4v) is 4.00. The Morgan fingerprint density at radius 3 is 1.79 bits per heavy atom. The lowest BCUT2D eigenvalue weighted by atomic mass is 10.1. The number of benzene rings is 2. The van der Waals surface area contributed by atoms with Crippen LogP contribution in [0.3, 0.4) is 0 Å². The van der Waals surface area contributed by atoms with Crippen LogP contribution in [-0.4, -0.2) is 18.5 Å². The molecule has 1 unspecified atom stereocenters. The minimum atomic E-state index is -0.680. The van der Waals surface area contributed by atoms with Crippen molar-refractivity contribution in [3.05, 3.63) is 53.8 Å². The molecule has 0 aromatic heterocycles. The Morgan fingerprint density at radius 2 is 1.26 bits per heavy atom. The van der Waals surface area contributed by atoms with Crippen molar-refractivity contribution in [3.63, 3.8) is 0 Å². The first-order chi connectivity index (χ1) is 18.4. The Kier molecular flexibility index (Phi) is 15.1. The Labute approximate surface area is 228 Å². The third-order valence-electron chi connectivity index (χ3n) is 6.69. The first-order valence-electron chi connectivity index (χ1n) is 14.4. The smallest absolute Gasteiger partial charge is 0.343 e. The van der Waals surface area contributed by atoms with E-state index in [-0.39, 0.29) is 28.9 Å². The number of ether oxygens (including phenoxy) is 3. The summed E-state index contributed by atoms with van der Waals surface area (Å²) in [4.78, 5) is 24.3. The summed E-state index contributed by atoms with van der Waals surface area (Å²) in [7, 11) is 0. The standard InChI is InChI=1S/C32H45FO5/c1-4-6-7-8-9-10-11-12-13-14-15-16-23-36-30-22-17-26(24-29(30)33)32(35)38-28-20-18-27(19-21-28)37-31(34)25(3)5-2/h17-22,24-25H,4-16,23H2,1-3H3. The fraction of sp³-hybridized carbons (Fsp3) is 0.562. The molecule has 0 spiro atoms. The average Bonchev–Trinajstić information content (AvgIpc) is 2.92. The second-order valence-corrected chi connectivity index (χ2v) is 9.97. The SMILES string of the molecule is CCCCCCCCCCCCCCOc1ccc(C(=O)Oc2ccc(OC(=O)C(C)CC)cc2)cc1F. The number of esters is 2. The van der Waals surface area contributed by atoms with E-state index in [1.54, 1.807) is 19.1 Å². The summed E-state index contributed by atoms with van der Waals surface area (Å²) in [5.74, 6) is -1.00. The lowest BCUT2D eigenvalue weighted by Crippen LogP contribution is -2.16. The van der Waals surface area contributed by atoms with Crippen LogP contribution in [0, 0.1) is 11.7 Å². The monoisotopic (exact) mass is 528 g/mol. The third kappa shape index (κ3) is 12.1. The van der Waals surface area contributed by atoms with E-state index in [1.165, 1.54) is 88.5 Å². The van der Waals surface area contributed by atoms with Crippen LogP contribution in [0.25, 0.3) is 0 Å². The van der Waals surface area contributed by atoms with Crippen molar-refractivity contribution >= 4 is 11.9 Å². The van der Waals surface area contributed by atoms with Crippen LogP contribution in [0.15, 0.2) is 42.5 Å². The lowest BCUT2D eigenvalue weighted by Gasteiger charge is -2.10. The number of carbonyl (C=O) groups excluding carboxylic acids is 2. The molecule has 0 fully saturated rings. The first kappa shape index (κ1) is 31.3. The molecule has 0 aliphatic carbocycles. The van der Waals surface area contributed by atoms with Crippen LogP contribution in [0.1, 0.15) is 115 Å². The molecule has 0 bridgehead atoms. The number of hydrogen-bond donors (Lipinski definition) is 0. The zero-order valence-electron chi connectivity index (χ0n) is 23.4. The van der Waals surface area contributed by atoms with Gasteiger partial charge in [-0.1, -0.05) is 91.4 Å². The third-order valence-corrected chi connectivity index (χ3v) is 6.69. The largest absolute Gasteiger partial charge is 0.491 e. The molecule has 0 saturated carbocycles. The Bertz CT molecular complexity index is 957. The highest BCUT2D eigenvalue weighted by molar-refractivity contribution is 5.91. The molecule has 5 nitrogen and oxygen atoms in total. The van der Waals surface area contributed by atoms with Gasteiger partial charge in [-0.05, 0) is 55.3 Å². The van der Waals surface area contributed by atoms with Crippen molar-refractivity contribution < 1.29 is 28.2 Å². The maximum absolute atomic E-state index is 14.5. The van der Waals surface area contributed by atoms with Crippen LogP contribution in [0.2, 0.25) is 0 Å². The van der Waals surface area contributed by atoms with Gasteiger partial charge in [-0.3, -0.25) is 4.79 Å². The van der Waals surface area contributed by atoms with Gasteiger partial charge >= 0.3 is 11.9 Å². The number of rotatable bonds is 19. The van der Waals surface area contributed by atoms with Gasteiger partial charge in [0.1, 0.15) is 11.5 Å². The summed E-state index contributed by atoms with van der Waals surface area (Å²) in [5.41, 5.74) is 0.0903. The molecular weight excluding hydrogens is 483 g/mol.